The summed E-state index contributed by atoms with van der Waals surface area (Å²) in [6.45, 7) is 6.04. The third-order valence-electron chi connectivity index (χ3n) is 19.1. The van der Waals surface area contributed by atoms with Crippen molar-refractivity contribution in [3.8, 4) is 0 Å². The minimum absolute atomic E-state index is 0.0114. The Bertz CT molecular complexity index is 3590. The van der Waals surface area contributed by atoms with Crippen molar-refractivity contribution in [2.24, 2.45) is 11.1 Å². The number of anilines is 1. The standard InChI is InChI=1S/C63H77F4N10O13PS/c1-61(2,3)36-6-4-34(5-7-36)28-44(59(86)75-26-23-62(24-27-75)21-18-38(19-22-62)69-39-9-11-41-42(31-39)58(85)77(57(41)84)47-14-17-52(79)73-55(47)82)71-53(80)43(12-16-51(68)78)70-54(81)46-13-10-40-20-25-74(33-50(64)65)32-45(60(87)76(40)46)72-56(83)49-30-35-29-37(8-15-48(35)92-49)63(66,67)91(88,89)90/h4-9,11,15,29-31,38,40,43-47,50,59,69,86H,10,12-14,16-28,32-33H2,1-3H3,(H2,68,78)(H,70,81)(H,71,80)(H,72,83)(H,73,79,82)(H2,88,89,90)/t40-,43+,44+,45+,46+,47?,59?/m1/s1. The van der Waals surface area contributed by atoms with Crippen LogP contribution in [0.2, 0.25) is 0 Å². The first-order valence-electron chi connectivity index (χ1n) is 31.0. The smallest absolute Gasteiger partial charge is 0.382 e. The van der Waals surface area contributed by atoms with Gasteiger partial charge in [-0.2, -0.15) is 8.78 Å². The van der Waals surface area contributed by atoms with Gasteiger partial charge in [0.1, 0.15) is 30.4 Å². The SMILES string of the molecule is CC(C)(C)c1ccc(C[C@H](NC(=O)[C@H](CCC(N)=O)NC(=O)[C@@H]2CC[C@@H]3CCN(CC(F)F)C[C@H](NC(=O)c4cc5cc(C(F)(F)P(=O)(O)O)ccc5s4)C(=O)N32)C(O)N2CCC3(CCC(Nc4ccc5c(c4)C(=O)N(C4CCC(=O)NC4=O)C5=O)CC3)CC2)cc1. The highest BCUT2D eigenvalue weighted by atomic mass is 32.1. The third-order valence-corrected chi connectivity index (χ3v) is 21.2. The molecule has 3 aromatic carbocycles. The quantitative estimate of drug-likeness (QED) is 0.0312. The summed E-state index contributed by atoms with van der Waals surface area (Å²) in [5, 5.41) is 26.6. The Balaban J connectivity index is 0.810. The Hall–Kier alpha value is -7.20. The number of rotatable bonds is 20. The second-order valence-electron chi connectivity index (χ2n) is 26.3. The van der Waals surface area contributed by atoms with Crippen LogP contribution in [0.4, 0.5) is 23.2 Å². The number of thiophene rings is 1. The number of amides is 9. The number of halogens is 4. The summed E-state index contributed by atoms with van der Waals surface area (Å²) in [7, 11) is -5.94. The molecular weight excluding hydrogens is 1240 g/mol. The zero-order valence-corrected chi connectivity index (χ0v) is 52.9. The summed E-state index contributed by atoms with van der Waals surface area (Å²) < 4.78 is 69.2. The molecule has 29 heteroatoms. The summed E-state index contributed by atoms with van der Waals surface area (Å²) in [6.07, 6.45) is 0.739. The van der Waals surface area contributed by atoms with Crippen LogP contribution < -0.4 is 32.3 Å². The Morgan fingerprint density at radius 1 is 0.826 bits per heavy atom. The summed E-state index contributed by atoms with van der Waals surface area (Å²) in [5.74, 6) is -6.33. The van der Waals surface area contributed by atoms with E-state index in [1.807, 2.05) is 29.2 Å². The number of hydrogen-bond acceptors (Lipinski definition) is 15. The molecule has 2 unspecified atom stereocenters. The van der Waals surface area contributed by atoms with Gasteiger partial charge in [-0.15, -0.1) is 11.3 Å². The summed E-state index contributed by atoms with van der Waals surface area (Å²) in [4.78, 5) is 146. The third kappa shape index (κ3) is 14.8. The predicted octanol–water partition coefficient (Wildman–Crippen LogP) is 5.19. The summed E-state index contributed by atoms with van der Waals surface area (Å²) >= 11 is 0.818. The number of primary amides is 1. The van der Waals surface area contributed by atoms with Crippen molar-refractivity contribution >= 4 is 87.9 Å². The van der Waals surface area contributed by atoms with E-state index in [1.54, 1.807) is 18.2 Å². The van der Waals surface area contributed by atoms with Crippen LogP contribution in [0.5, 0.6) is 0 Å². The fraction of sp³-hybridized carbons (Fsp3) is 0.540. The molecule has 5 aliphatic heterocycles. The molecule has 0 radical (unpaired) electrons. The molecule has 7 atom stereocenters. The lowest BCUT2D eigenvalue weighted by Crippen LogP contribution is -2.62. The maximum Gasteiger partial charge on any atom is 0.399 e. The Morgan fingerprint density at radius 2 is 1.51 bits per heavy atom. The van der Waals surface area contributed by atoms with E-state index >= 15 is 0 Å². The van der Waals surface area contributed by atoms with Gasteiger partial charge in [-0.3, -0.25) is 67.7 Å². The number of fused-ring (bicyclic) bond motifs is 3. The van der Waals surface area contributed by atoms with Gasteiger partial charge in [-0.1, -0.05) is 51.1 Å². The monoisotopic (exact) mass is 1320 g/mol. The lowest BCUT2D eigenvalue weighted by molar-refractivity contribution is -0.144. The van der Waals surface area contributed by atoms with Crippen molar-refractivity contribution in [1.29, 1.82) is 0 Å². The van der Waals surface area contributed by atoms with Crippen LogP contribution in [-0.4, -0.2) is 175 Å². The average Bonchev–Trinajstić information content (AvgIpc) is 1.60. The van der Waals surface area contributed by atoms with E-state index in [9.17, 15) is 80.2 Å². The fourth-order valence-corrected chi connectivity index (χ4v) is 15.2. The highest BCUT2D eigenvalue weighted by Crippen LogP contribution is 2.59. The number of benzene rings is 3. The van der Waals surface area contributed by atoms with Crippen molar-refractivity contribution in [2.45, 2.75) is 177 Å². The second-order valence-corrected chi connectivity index (χ2v) is 29.0. The van der Waals surface area contributed by atoms with Gasteiger partial charge in [0.15, 0.2) is 0 Å². The molecule has 496 valence electrons. The number of hydrogen-bond donors (Lipinski definition) is 9. The number of nitrogens with zero attached hydrogens (tertiary/aromatic N) is 4. The molecule has 4 saturated heterocycles. The predicted molar refractivity (Wildman–Crippen MR) is 329 cm³/mol. The Morgan fingerprint density at radius 3 is 2.16 bits per heavy atom. The van der Waals surface area contributed by atoms with E-state index in [1.165, 1.54) is 15.9 Å². The molecule has 9 amide bonds. The lowest BCUT2D eigenvalue weighted by atomic mass is 9.67. The molecule has 1 saturated carbocycles. The molecule has 5 fully saturated rings. The molecular formula is C63H77F4N10O13PS. The molecule has 10 rings (SSSR count). The number of imide groups is 2. The van der Waals surface area contributed by atoms with E-state index in [-0.39, 0.29) is 101 Å². The van der Waals surface area contributed by atoms with Crippen LogP contribution in [0.1, 0.15) is 151 Å². The van der Waals surface area contributed by atoms with Gasteiger partial charge in [0, 0.05) is 67.1 Å². The molecule has 6 heterocycles. The highest BCUT2D eigenvalue weighted by molar-refractivity contribution is 7.52. The summed E-state index contributed by atoms with van der Waals surface area (Å²) in [5.41, 5.74) is 2.70. The average molecular weight is 1320 g/mol. The van der Waals surface area contributed by atoms with Crippen LogP contribution in [0.3, 0.4) is 0 Å². The number of carbonyl (C=O) groups excluding carboxylic acids is 9. The number of alkyl halides is 4. The summed E-state index contributed by atoms with van der Waals surface area (Å²) in [6, 6.07) is 9.84. The number of aliphatic hydroxyl groups excluding tert-OH is 1. The van der Waals surface area contributed by atoms with Crippen LogP contribution in [-0.2, 0) is 50.8 Å². The number of nitrogens with one attached hydrogen (secondary N) is 5. The normalized spacial score (nSPS) is 23.0. The van der Waals surface area contributed by atoms with E-state index < -0.39 is 134 Å². The van der Waals surface area contributed by atoms with Crippen molar-refractivity contribution in [2.75, 3.05) is 38.0 Å². The molecule has 1 aromatic heterocycles. The largest absolute Gasteiger partial charge is 0.399 e. The number of likely N-dealkylation sites (tertiary alicyclic amines) is 1. The zero-order valence-electron chi connectivity index (χ0n) is 51.1. The minimum Gasteiger partial charge on any atom is -0.382 e. The Kier molecular flexibility index (Phi) is 19.9. The van der Waals surface area contributed by atoms with Gasteiger partial charge in [0.05, 0.1) is 28.6 Å². The molecule has 1 spiro atoms. The van der Waals surface area contributed by atoms with Crippen molar-refractivity contribution in [3.63, 3.8) is 0 Å². The minimum atomic E-state index is -5.94. The molecule has 10 N–H and O–H groups in total. The van der Waals surface area contributed by atoms with Crippen LogP contribution in [0.25, 0.3) is 10.1 Å². The van der Waals surface area contributed by atoms with Crippen molar-refractivity contribution in [3.05, 3.63) is 99.4 Å². The van der Waals surface area contributed by atoms with Gasteiger partial charge in [0.25, 0.3) is 24.1 Å². The number of aliphatic hydroxyl groups is 1. The lowest BCUT2D eigenvalue weighted by Gasteiger charge is -2.48. The number of nitrogens with two attached hydrogens (primary N) is 1. The molecule has 23 nitrogen and oxygen atoms in total. The fourth-order valence-electron chi connectivity index (χ4n) is 13.8. The first-order valence-corrected chi connectivity index (χ1v) is 33.5. The van der Waals surface area contributed by atoms with E-state index in [0.717, 1.165) is 84.1 Å². The highest BCUT2D eigenvalue weighted by Gasteiger charge is 2.51. The zero-order chi connectivity index (χ0) is 66.4. The van der Waals surface area contributed by atoms with Crippen LogP contribution in [0, 0.1) is 5.41 Å². The van der Waals surface area contributed by atoms with Gasteiger partial charge in [0.2, 0.25) is 35.4 Å². The van der Waals surface area contributed by atoms with E-state index in [4.69, 9.17) is 5.73 Å². The Labute approximate surface area is 532 Å². The molecule has 4 aromatic rings. The number of piperidine rings is 2. The molecule has 92 heavy (non-hydrogen) atoms. The van der Waals surface area contributed by atoms with E-state index in [2.05, 4.69) is 47.4 Å². The molecule has 1 aliphatic carbocycles. The maximum atomic E-state index is 14.8. The van der Waals surface area contributed by atoms with Gasteiger partial charge < -0.3 is 46.8 Å². The second kappa shape index (κ2) is 27.0. The van der Waals surface area contributed by atoms with Gasteiger partial charge >= 0.3 is 13.3 Å². The van der Waals surface area contributed by atoms with Crippen molar-refractivity contribution in [1.82, 2.24) is 40.9 Å². The van der Waals surface area contributed by atoms with Gasteiger partial charge in [-0.25, -0.2) is 8.78 Å². The van der Waals surface area contributed by atoms with Crippen molar-refractivity contribution < 1.29 is 80.2 Å². The topological polar surface area (TPSA) is 331 Å². The van der Waals surface area contributed by atoms with Crippen LogP contribution >= 0.6 is 18.9 Å². The molecule has 0 bridgehead atoms. The first-order chi connectivity index (χ1) is 43.4. The number of carbonyl (C=O) groups is 9. The van der Waals surface area contributed by atoms with Gasteiger partial charge in [-0.05, 0) is 141 Å². The maximum absolute atomic E-state index is 14.8. The first kappa shape index (κ1) is 67.7. The molecule has 6 aliphatic rings. The van der Waals surface area contributed by atoms with E-state index in [0.29, 0.717) is 18.8 Å². The van der Waals surface area contributed by atoms with Crippen LogP contribution in [0.15, 0.2) is 66.7 Å².